The number of fused-ring (bicyclic) bond motifs is 1. The number of nitrogens with zero attached hydrogens (tertiary/aromatic N) is 2. The molecule has 0 saturated carbocycles. The molecule has 0 fully saturated rings. The molecule has 19 heavy (non-hydrogen) atoms. The summed E-state index contributed by atoms with van der Waals surface area (Å²) in [6.07, 6.45) is 5.28. The van der Waals surface area contributed by atoms with Gasteiger partial charge in [-0.1, -0.05) is 0 Å². The van der Waals surface area contributed by atoms with Crippen molar-refractivity contribution in [1.82, 2.24) is 9.55 Å². The largest absolute Gasteiger partial charge is 0.351 e. The molecule has 0 aliphatic carbocycles. The minimum absolute atomic E-state index is 0.114. The van der Waals surface area contributed by atoms with E-state index in [-0.39, 0.29) is 5.91 Å². The highest BCUT2D eigenvalue weighted by atomic mass is 16.1. The van der Waals surface area contributed by atoms with E-state index in [4.69, 9.17) is 0 Å². The monoisotopic (exact) mass is 251 g/mol. The van der Waals surface area contributed by atoms with Gasteiger partial charge in [0.2, 0.25) is 0 Å². The first-order valence-corrected chi connectivity index (χ1v) is 6.00. The second-order valence-electron chi connectivity index (χ2n) is 4.39. The normalized spacial score (nSPS) is 10.6. The van der Waals surface area contributed by atoms with Crippen molar-refractivity contribution in [1.29, 1.82) is 0 Å². The Morgan fingerprint density at radius 2 is 1.95 bits per heavy atom. The lowest BCUT2D eigenvalue weighted by Gasteiger charge is -2.05. The van der Waals surface area contributed by atoms with Crippen LogP contribution in [0.25, 0.3) is 10.9 Å². The van der Waals surface area contributed by atoms with Crippen molar-refractivity contribution in [2.45, 2.75) is 0 Å². The zero-order valence-electron chi connectivity index (χ0n) is 10.5. The van der Waals surface area contributed by atoms with Crippen LogP contribution in [-0.2, 0) is 7.05 Å². The molecule has 2 aromatic heterocycles. The summed E-state index contributed by atoms with van der Waals surface area (Å²) in [5.74, 6) is -0.114. The Balaban J connectivity index is 1.89. The average Bonchev–Trinajstić information content (AvgIpc) is 2.81. The highest BCUT2D eigenvalue weighted by molar-refractivity contribution is 6.06. The van der Waals surface area contributed by atoms with Crippen LogP contribution >= 0.6 is 0 Å². The van der Waals surface area contributed by atoms with E-state index >= 15 is 0 Å². The molecule has 0 atom stereocenters. The van der Waals surface area contributed by atoms with Crippen molar-refractivity contribution < 1.29 is 4.79 Å². The van der Waals surface area contributed by atoms with Crippen LogP contribution in [0.3, 0.4) is 0 Å². The maximum absolute atomic E-state index is 12.1. The maximum atomic E-state index is 12.1. The molecule has 4 nitrogen and oxygen atoms in total. The van der Waals surface area contributed by atoms with Gasteiger partial charge >= 0.3 is 0 Å². The van der Waals surface area contributed by atoms with Crippen molar-refractivity contribution in [2.75, 3.05) is 5.32 Å². The Hall–Kier alpha value is -2.62. The van der Waals surface area contributed by atoms with E-state index in [0.29, 0.717) is 5.56 Å². The topological polar surface area (TPSA) is 46.9 Å². The third-order valence-corrected chi connectivity index (χ3v) is 3.09. The zero-order chi connectivity index (χ0) is 13.2. The van der Waals surface area contributed by atoms with Crippen LogP contribution < -0.4 is 5.32 Å². The number of aromatic nitrogens is 2. The molecule has 2 heterocycles. The van der Waals surface area contributed by atoms with E-state index in [1.807, 2.05) is 42.1 Å². The molecule has 0 saturated heterocycles. The third kappa shape index (κ3) is 2.20. The van der Waals surface area contributed by atoms with Gasteiger partial charge in [0.15, 0.2) is 0 Å². The lowest BCUT2D eigenvalue weighted by Crippen LogP contribution is -2.11. The fourth-order valence-corrected chi connectivity index (χ4v) is 2.06. The van der Waals surface area contributed by atoms with Gasteiger partial charge in [-0.25, -0.2) is 0 Å². The summed E-state index contributed by atoms with van der Waals surface area (Å²) >= 11 is 0. The molecule has 4 heteroatoms. The number of nitrogens with one attached hydrogen (secondary N) is 1. The molecular weight excluding hydrogens is 238 g/mol. The predicted octanol–water partition coefficient (Wildman–Crippen LogP) is 2.83. The van der Waals surface area contributed by atoms with Gasteiger partial charge in [-0.2, -0.15) is 0 Å². The van der Waals surface area contributed by atoms with Crippen LogP contribution in [0, 0.1) is 0 Å². The molecule has 0 bridgehead atoms. The molecule has 0 spiro atoms. The first-order chi connectivity index (χ1) is 9.24. The molecule has 3 rings (SSSR count). The van der Waals surface area contributed by atoms with E-state index in [1.165, 1.54) is 0 Å². The smallest absolute Gasteiger partial charge is 0.255 e. The number of hydrogen-bond acceptors (Lipinski definition) is 2. The number of carbonyl (C=O) groups excluding carboxylic acids is 1. The molecule has 3 aromatic rings. The van der Waals surface area contributed by atoms with Crippen molar-refractivity contribution in [3.63, 3.8) is 0 Å². The molecular formula is C15H13N3O. The van der Waals surface area contributed by atoms with Crippen LogP contribution in [0.15, 0.2) is 55.0 Å². The summed E-state index contributed by atoms with van der Waals surface area (Å²) in [7, 11) is 1.99. The standard InChI is InChI=1S/C15H13N3O/c1-18-9-6-11-10-12(2-3-14(11)18)15(19)17-13-4-7-16-8-5-13/h2-10H,1H3,(H,16,17,19). The molecule has 0 aliphatic rings. The molecule has 1 aromatic carbocycles. The lowest BCUT2D eigenvalue weighted by atomic mass is 10.1. The predicted molar refractivity (Wildman–Crippen MR) is 75.1 cm³/mol. The molecule has 1 amide bonds. The van der Waals surface area contributed by atoms with Crippen molar-refractivity contribution in [3.8, 4) is 0 Å². The number of anilines is 1. The number of amides is 1. The van der Waals surface area contributed by atoms with Crippen molar-refractivity contribution in [3.05, 3.63) is 60.6 Å². The third-order valence-electron chi connectivity index (χ3n) is 3.09. The van der Waals surface area contributed by atoms with Crippen LogP contribution in [0.2, 0.25) is 0 Å². The van der Waals surface area contributed by atoms with Gasteiger partial charge in [-0.15, -0.1) is 0 Å². The van der Waals surface area contributed by atoms with Crippen LogP contribution in [0.4, 0.5) is 5.69 Å². The molecule has 0 aliphatic heterocycles. The van der Waals surface area contributed by atoms with E-state index in [2.05, 4.69) is 10.3 Å². The molecule has 0 radical (unpaired) electrons. The highest BCUT2D eigenvalue weighted by Gasteiger charge is 2.07. The van der Waals surface area contributed by atoms with E-state index in [9.17, 15) is 4.79 Å². The first-order valence-electron chi connectivity index (χ1n) is 6.00. The van der Waals surface area contributed by atoms with Crippen LogP contribution in [0.1, 0.15) is 10.4 Å². The Morgan fingerprint density at radius 1 is 1.16 bits per heavy atom. The van der Waals surface area contributed by atoms with Gasteiger partial charge in [0.05, 0.1) is 0 Å². The number of benzene rings is 1. The summed E-state index contributed by atoms with van der Waals surface area (Å²) in [6.45, 7) is 0. The van der Waals surface area contributed by atoms with Gasteiger partial charge in [-0.05, 0) is 36.4 Å². The Kier molecular flexibility index (Phi) is 2.76. The molecule has 94 valence electrons. The highest BCUT2D eigenvalue weighted by Crippen LogP contribution is 2.17. The number of aryl methyl sites for hydroxylation is 1. The van der Waals surface area contributed by atoms with Gasteiger partial charge in [0, 0.05) is 47.8 Å². The second kappa shape index (κ2) is 4.57. The van der Waals surface area contributed by atoms with E-state index < -0.39 is 0 Å². The summed E-state index contributed by atoms with van der Waals surface area (Å²) < 4.78 is 2.03. The number of rotatable bonds is 2. The van der Waals surface area contributed by atoms with E-state index in [0.717, 1.165) is 16.6 Å². The maximum Gasteiger partial charge on any atom is 0.255 e. The summed E-state index contributed by atoms with van der Waals surface area (Å²) in [6, 6.07) is 11.2. The zero-order valence-corrected chi connectivity index (χ0v) is 10.5. The number of carbonyl (C=O) groups is 1. The average molecular weight is 251 g/mol. The number of hydrogen-bond donors (Lipinski definition) is 1. The minimum atomic E-state index is -0.114. The summed E-state index contributed by atoms with van der Waals surface area (Å²) in [5.41, 5.74) is 2.50. The number of pyridine rings is 1. The van der Waals surface area contributed by atoms with Gasteiger partial charge in [-0.3, -0.25) is 9.78 Å². The van der Waals surface area contributed by atoms with Gasteiger partial charge in [0.1, 0.15) is 0 Å². The summed E-state index contributed by atoms with van der Waals surface area (Å²) in [4.78, 5) is 16.0. The molecule has 1 N–H and O–H groups in total. The van der Waals surface area contributed by atoms with Gasteiger partial charge < -0.3 is 9.88 Å². The SMILES string of the molecule is Cn1ccc2cc(C(=O)Nc3ccncc3)ccc21. The fourth-order valence-electron chi connectivity index (χ4n) is 2.06. The van der Waals surface area contributed by atoms with Crippen LogP contribution in [0.5, 0.6) is 0 Å². The van der Waals surface area contributed by atoms with E-state index in [1.54, 1.807) is 24.5 Å². The van der Waals surface area contributed by atoms with Gasteiger partial charge in [0.25, 0.3) is 5.91 Å². The fraction of sp³-hybridized carbons (Fsp3) is 0.0667. The van der Waals surface area contributed by atoms with Crippen molar-refractivity contribution in [2.24, 2.45) is 7.05 Å². The van der Waals surface area contributed by atoms with Crippen molar-refractivity contribution >= 4 is 22.5 Å². The Morgan fingerprint density at radius 3 is 2.74 bits per heavy atom. The lowest BCUT2D eigenvalue weighted by molar-refractivity contribution is 0.102. The van der Waals surface area contributed by atoms with Crippen LogP contribution in [-0.4, -0.2) is 15.5 Å². The quantitative estimate of drug-likeness (QED) is 0.761. The second-order valence-corrected chi connectivity index (χ2v) is 4.39. The minimum Gasteiger partial charge on any atom is -0.351 e. The molecule has 0 unspecified atom stereocenters. The summed E-state index contributed by atoms with van der Waals surface area (Å²) in [5, 5.41) is 3.90. The Bertz CT molecular complexity index is 731. The first kappa shape index (κ1) is 11.5. The Labute approximate surface area is 110 Å².